The Morgan fingerprint density at radius 2 is 2.00 bits per heavy atom. The first kappa shape index (κ1) is 12.5. The van der Waals surface area contributed by atoms with Crippen LogP contribution in [0.2, 0.25) is 0 Å². The van der Waals surface area contributed by atoms with E-state index in [1.165, 1.54) is 0 Å². The Labute approximate surface area is 89.7 Å². The summed E-state index contributed by atoms with van der Waals surface area (Å²) < 4.78 is 36.2. The molecule has 1 aromatic heterocycles. The van der Waals surface area contributed by atoms with Gasteiger partial charge in [-0.15, -0.1) is 0 Å². The van der Waals surface area contributed by atoms with Crippen LogP contribution < -0.4 is 11.3 Å². The number of hydrogen-bond acceptors (Lipinski definition) is 3. The predicted octanol–water partition coefficient (Wildman–Crippen LogP) is 1.58. The molecule has 0 aliphatic rings. The molecule has 4 nitrogen and oxygen atoms in total. The molecule has 0 aromatic carbocycles. The fourth-order valence-corrected chi connectivity index (χ4v) is 1.38. The number of halogens is 3. The van der Waals surface area contributed by atoms with Crippen molar-refractivity contribution in [3.8, 4) is 0 Å². The molecule has 0 aliphatic carbocycles. The van der Waals surface area contributed by atoms with Gasteiger partial charge in [-0.2, -0.15) is 13.2 Å². The van der Waals surface area contributed by atoms with Crippen LogP contribution in [0.25, 0.3) is 0 Å². The number of H-pyrrole nitrogens is 1. The third-order valence-electron chi connectivity index (χ3n) is 1.98. The van der Waals surface area contributed by atoms with Crippen molar-refractivity contribution in [1.29, 1.82) is 0 Å². The molecule has 0 spiro atoms. The van der Waals surface area contributed by atoms with E-state index in [-0.39, 0.29) is 17.3 Å². The minimum Gasteiger partial charge on any atom is -0.383 e. The zero-order valence-electron chi connectivity index (χ0n) is 8.85. The number of nitrogens with two attached hydrogens (primary N) is 1. The van der Waals surface area contributed by atoms with Gasteiger partial charge in [-0.25, -0.2) is 4.98 Å². The lowest BCUT2D eigenvalue weighted by Crippen LogP contribution is -2.24. The fourth-order valence-electron chi connectivity index (χ4n) is 1.38. The second-order valence-corrected chi connectivity index (χ2v) is 3.76. The van der Waals surface area contributed by atoms with Crippen molar-refractivity contribution in [3.63, 3.8) is 0 Å². The number of alkyl halides is 3. The minimum atomic E-state index is -4.41. The summed E-state index contributed by atoms with van der Waals surface area (Å²) in [7, 11) is 0. The zero-order valence-corrected chi connectivity index (χ0v) is 8.85. The highest BCUT2D eigenvalue weighted by Gasteiger charge is 2.29. The Kier molecular flexibility index (Phi) is 3.25. The summed E-state index contributed by atoms with van der Waals surface area (Å²) in [5.41, 5.74) is 5.05. The summed E-state index contributed by atoms with van der Waals surface area (Å²) in [5, 5.41) is 0. The number of hydrogen-bond donors (Lipinski definition) is 2. The summed E-state index contributed by atoms with van der Waals surface area (Å²) in [5.74, 6) is -0.784. The van der Waals surface area contributed by atoms with E-state index in [9.17, 15) is 18.0 Å². The molecule has 0 unspecified atom stereocenters. The van der Waals surface area contributed by atoms with Crippen LogP contribution in [0.1, 0.15) is 31.2 Å². The molecule has 0 aliphatic heterocycles. The number of aromatic nitrogens is 2. The van der Waals surface area contributed by atoms with Crippen LogP contribution in [0.5, 0.6) is 0 Å². The monoisotopic (exact) mass is 235 g/mol. The quantitative estimate of drug-likeness (QED) is 0.817. The van der Waals surface area contributed by atoms with E-state index < -0.39 is 24.0 Å². The average molecular weight is 235 g/mol. The lowest BCUT2D eigenvalue weighted by atomic mass is 10.1. The highest BCUT2D eigenvalue weighted by atomic mass is 19.4. The smallest absolute Gasteiger partial charge is 0.383 e. The molecule has 7 heteroatoms. The van der Waals surface area contributed by atoms with Crippen molar-refractivity contribution in [2.75, 3.05) is 5.73 Å². The lowest BCUT2D eigenvalue weighted by molar-refractivity contribution is -0.128. The molecule has 90 valence electrons. The molecule has 0 bridgehead atoms. The average Bonchev–Trinajstić information content (AvgIpc) is 1.96. The van der Waals surface area contributed by atoms with Crippen LogP contribution in [0.3, 0.4) is 0 Å². The highest BCUT2D eigenvalue weighted by Crippen LogP contribution is 2.20. The van der Waals surface area contributed by atoms with Gasteiger partial charge in [0.2, 0.25) is 0 Å². The van der Waals surface area contributed by atoms with E-state index in [2.05, 4.69) is 9.97 Å². The molecule has 0 radical (unpaired) electrons. The zero-order chi connectivity index (χ0) is 12.5. The van der Waals surface area contributed by atoms with Gasteiger partial charge in [0.25, 0.3) is 5.56 Å². The number of nitrogens with one attached hydrogen (secondary N) is 1. The highest BCUT2D eigenvalue weighted by molar-refractivity contribution is 5.39. The largest absolute Gasteiger partial charge is 0.396 e. The van der Waals surface area contributed by atoms with Crippen LogP contribution in [0.4, 0.5) is 19.0 Å². The molecular formula is C9H12F3N3O. The Bertz CT molecular complexity index is 437. The molecule has 1 aromatic rings. The van der Waals surface area contributed by atoms with Gasteiger partial charge in [-0.1, -0.05) is 13.8 Å². The van der Waals surface area contributed by atoms with Gasteiger partial charge in [0.05, 0.1) is 5.56 Å². The molecule has 1 heterocycles. The maximum Gasteiger partial charge on any atom is 0.396 e. The first-order valence-corrected chi connectivity index (χ1v) is 4.66. The first-order valence-electron chi connectivity index (χ1n) is 4.66. The van der Waals surface area contributed by atoms with E-state index in [1.54, 1.807) is 13.8 Å². The SMILES string of the molecule is CC(C)c1c(N)nc(CC(F)(F)F)[nH]c1=O. The molecule has 0 saturated carbocycles. The maximum atomic E-state index is 12.1. The molecule has 3 N–H and O–H groups in total. The Morgan fingerprint density at radius 3 is 2.38 bits per heavy atom. The van der Waals surface area contributed by atoms with Crippen LogP contribution in [-0.2, 0) is 6.42 Å². The summed E-state index contributed by atoms with van der Waals surface area (Å²) in [6.45, 7) is 3.43. The van der Waals surface area contributed by atoms with E-state index in [1.807, 2.05) is 0 Å². The van der Waals surface area contributed by atoms with Gasteiger partial charge in [-0.3, -0.25) is 4.79 Å². The summed E-state index contributed by atoms with van der Waals surface area (Å²) in [4.78, 5) is 17.1. The van der Waals surface area contributed by atoms with Gasteiger partial charge < -0.3 is 10.7 Å². The van der Waals surface area contributed by atoms with Crippen molar-refractivity contribution >= 4 is 5.82 Å². The summed E-state index contributed by atoms with van der Waals surface area (Å²) in [6, 6.07) is 0. The summed E-state index contributed by atoms with van der Waals surface area (Å²) in [6.07, 6.45) is -5.70. The van der Waals surface area contributed by atoms with Gasteiger partial charge in [-0.05, 0) is 5.92 Å². The van der Waals surface area contributed by atoms with E-state index in [0.717, 1.165) is 0 Å². The molecule has 0 fully saturated rings. The predicted molar refractivity (Wildman–Crippen MR) is 53.1 cm³/mol. The van der Waals surface area contributed by atoms with E-state index in [4.69, 9.17) is 5.73 Å². The molecule has 0 saturated heterocycles. The maximum absolute atomic E-state index is 12.1. The van der Waals surface area contributed by atoms with Crippen molar-refractivity contribution in [1.82, 2.24) is 9.97 Å². The van der Waals surface area contributed by atoms with Crippen molar-refractivity contribution < 1.29 is 13.2 Å². The normalized spacial score (nSPS) is 12.1. The third kappa shape index (κ3) is 2.98. The molecule has 16 heavy (non-hydrogen) atoms. The fraction of sp³-hybridized carbons (Fsp3) is 0.556. The van der Waals surface area contributed by atoms with Crippen LogP contribution in [0, 0.1) is 0 Å². The topological polar surface area (TPSA) is 71.8 Å². The number of aromatic amines is 1. The standard InChI is InChI=1S/C9H12F3N3O/c1-4(2)6-7(13)14-5(15-8(6)16)3-9(10,11)12/h4H,3H2,1-2H3,(H3,13,14,15,16). The lowest BCUT2D eigenvalue weighted by Gasteiger charge is -2.10. The van der Waals surface area contributed by atoms with Crippen molar-refractivity contribution in [3.05, 3.63) is 21.7 Å². The summed E-state index contributed by atoms with van der Waals surface area (Å²) >= 11 is 0. The Hall–Kier alpha value is -1.53. The van der Waals surface area contributed by atoms with Crippen LogP contribution in [-0.4, -0.2) is 16.1 Å². The minimum absolute atomic E-state index is 0.141. The third-order valence-corrected chi connectivity index (χ3v) is 1.98. The molecule has 0 amide bonds. The molecule has 0 atom stereocenters. The van der Waals surface area contributed by atoms with Gasteiger partial charge >= 0.3 is 6.18 Å². The van der Waals surface area contributed by atoms with Crippen LogP contribution in [0.15, 0.2) is 4.79 Å². The van der Waals surface area contributed by atoms with Crippen LogP contribution >= 0.6 is 0 Å². The number of nitrogen functional groups attached to an aromatic ring is 1. The van der Waals surface area contributed by atoms with E-state index in [0.29, 0.717) is 0 Å². The number of nitrogens with zero attached hydrogens (tertiary/aromatic N) is 1. The first-order chi connectivity index (χ1) is 7.20. The Balaban J connectivity index is 3.16. The van der Waals surface area contributed by atoms with Crippen molar-refractivity contribution in [2.24, 2.45) is 0 Å². The van der Waals surface area contributed by atoms with Gasteiger partial charge in [0.15, 0.2) is 0 Å². The molecule has 1 rings (SSSR count). The number of anilines is 1. The van der Waals surface area contributed by atoms with E-state index >= 15 is 0 Å². The second-order valence-electron chi connectivity index (χ2n) is 3.76. The second kappa shape index (κ2) is 4.15. The number of rotatable bonds is 2. The van der Waals surface area contributed by atoms with Gasteiger partial charge in [0.1, 0.15) is 18.1 Å². The van der Waals surface area contributed by atoms with Gasteiger partial charge in [0, 0.05) is 0 Å². The Morgan fingerprint density at radius 1 is 1.44 bits per heavy atom. The van der Waals surface area contributed by atoms with Crippen molar-refractivity contribution in [2.45, 2.75) is 32.4 Å². The molecular weight excluding hydrogens is 223 g/mol.